The van der Waals surface area contributed by atoms with Gasteiger partial charge in [0.25, 0.3) is 0 Å². The Labute approximate surface area is 153 Å². The Morgan fingerprint density at radius 3 is 2.64 bits per heavy atom. The van der Waals surface area contributed by atoms with Crippen LogP contribution in [0, 0.1) is 17.8 Å². The number of methoxy groups -OCH3 is 1. The minimum absolute atomic E-state index is 0.129. The molecule has 1 aliphatic heterocycles. The third-order valence-electron chi connectivity index (χ3n) is 6.98. The van der Waals surface area contributed by atoms with E-state index in [1.807, 2.05) is 0 Å². The molecule has 4 heteroatoms. The highest BCUT2D eigenvalue weighted by atomic mass is 16.5. The summed E-state index contributed by atoms with van der Waals surface area (Å²) in [6.45, 7) is 5.12. The molecule has 25 heavy (non-hydrogen) atoms. The highest BCUT2D eigenvalue weighted by Crippen LogP contribution is 2.46. The maximum Gasteiger partial charge on any atom is 0.222 e. The summed E-state index contributed by atoms with van der Waals surface area (Å²) in [6, 6.07) is 0. The van der Waals surface area contributed by atoms with Crippen molar-refractivity contribution in [3.8, 4) is 0 Å². The zero-order chi connectivity index (χ0) is 17.9. The second-order valence-corrected chi connectivity index (χ2v) is 9.05. The van der Waals surface area contributed by atoms with E-state index in [0.29, 0.717) is 37.1 Å². The molecule has 0 aromatic carbocycles. The van der Waals surface area contributed by atoms with Crippen LogP contribution >= 0.6 is 0 Å². The molecule has 0 aromatic heterocycles. The lowest BCUT2D eigenvalue weighted by molar-refractivity contribution is -0.168. The summed E-state index contributed by atoms with van der Waals surface area (Å²) in [5.41, 5.74) is -0.129. The van der Waals surface area contributed by atoms with Gasteiger partial charge in [-0.05, 0) is 50.9 Å². The lowest BCUT2D eigenvalue weighted by Gasteiger charge is -2.54. The fourth-order valence-corrected chi connectivity index (χ4v) is 5.55. The molecule has 3 rings (SSSR count). The number of carbonyl (C=O) groups excluding carboxylic acids is 1. The predicted octanol–water partition coefficient (Wildman–Crippen LogP) is 4.07. The van der Waals surface area contributed by atoms with Gasteiger partial charge in [-0.2, -0.15) is 0 Å². The van der Waals surface area contributed by atoms with E-state index < -0.39 is 0 Å². The largest absolute Gasteiger partial charge is 0.384 e. The number of rotatable bonds is 5. The van der Waals surface area contributed by atoms with Gasteiger partial charge in [-0.15, -0.1) is 0 Å². The molecule has 3 fully saturated rings. The molecule has 3 aliphatic rings. The molecule has 0 aromatic rings. The van der Waals surface area contributed by atoms with Crippen LogP contribution in [-0.4, -0.2) is 37.4 Å². The average molecular weight is 352 g/mol. The van der Waals surface area contributed by atoms with Crippen molar-refractivity contribution in [2.24, 2.45) is 17.8 Å². The van der Waals surface area contributed by atoms with Gasteiger partial charge in [0, 0.05) is 25.0 Å². The molecule has 1 saturated heterocycles. The molecule has 1 heterocycles. The van der Waals surface area contributed by atoms with Gasteiger partial charge in [-0.25, -0.2) is 0 Å². The van der Waals surface area contributed by atoms with E-state index in [1.54, 1.807) is 7.11 Å². The van der Waals surface area contributed by atoms with Crippen LogP contribution in [0.3, 0.4) is 0 Å². The second kappa shape index (κ2) is 8.39. The Morgan fingerprint density at radius 1 is 1.16 bits per heavy atom. The highest BCUT2D eigenvalue weighted by Gasteiger charge is 2.50. The van der Waals surface area contributed by atoms with Gasteiger partial charge in [0.2, 0.25) is 5.91 Å². The molecule has 0 radical (unpaired) electrons. The monoisotopic (exact) mass is 351 g/mol. The van der Waals surface area contributed by atoms with Gasteiger partial charge in [0.1, 0.15) is 0 Å². The first kappa shape index (κ1) is 19.2. The number of nitrogens with one attached hydrogen (secondary N) is 1. The molecule has 144 valence electrons. The number of carbonyl (C=O) groups is 1. The molecule has 0 unspecified atom stereocenters. The van der Waals surface area contributed by atoms with Crippen molar-refractivity contribution < 1.29 is 14.3 Å². The summed E-state index contributed by atoms with van der Waals surface area (Å²) >= 11 is 0. The van der Waals surface area contributed by atoms with E-state index in [4.69, 9.17) is 9.47 Å². The second-order valence-electron chi connectivity index (χ2n) is 9.05. The smallest absolute Gasteiger partial charge is 0.222 e. The number of amides is 1. The van der Waals surface area contributed by atoms with Gasteiger partial charge < -0.3 is 14.8 Å². The van der Waals surface area contributed by atoms with Crippen LogP contribution < -0.4 is 5.32 Å². The van der Waals surface area contributed by atoms with E-state index in [0.717, 1.165) is 18.8 Å². The van der Waals surface area contributed by atoms with Crippen LogP contribution in [0.5, 0.6) is 0 Å². The van der Waals surface area contributed by atoms with Crippen LogP contribution in [-0.2, 0) is 14.3 Å². The van der Waals surface area contributed by atoms with Crippen LogP contribution in [0.2, 0.25) is 0 Å². The fourth-order valence-electron chi connectivity index (χ4n) is 5.55. The third kappa shape index (κ3) is 4.57. The van der Waals surface area contributed by atoms with Crippen LogP contribution in [0.25, 0.3) is 0 Å². The quantitative estimate of drug-likeness (QED) is 0.812. The maximum absolute atomic E-state index is 12.5. The Balaban J connectivity index is 1.73. The molecule has 1 amide bonds. The fraction of sp³-hybridized carbons (Fsp3) is 0.952. The Hall–Kier alpha value is -0.610. The SMILES string of the molecule is COCCC(=O)N[C@@]1(C)C[C@H](C2CCCCC2)O[C@@H]2C[C@H](C)CC[C@H]21. The van der Waals surface area contributed by atoms with E-state index >= 15 is 0 Å². The molecular weight excluding hydrogens is 314 g/mol. The van der Waals surface area contributed by atoms with E-state index in [1.165, 1.54) is 44.9 Å². The average Bonchev–Trinajstić information content (AvgIpc) is 2.60. The lowest BCUT2D eigenvalue weighted by atomic mass is 9.65. The molecule has 0 bridgehead atoms. The highest BCUT2D eigenvalue weighted by molar-refractivity contribution is 5.77. The standard InChI is InChI=1S/C21H37NO3/c1-15-9-10-17-18(13-15)25-19(16-7-5-4-6-8-16)14-21(17,2)22-20(23)11-12-24-3/h15-19H,4-14H2,1-3H3,(H,22,23)/t15-,17-,18-,19-,21+/m1/s1. The van der Waals surface area contributed by atoms with Crippen molar-refractivity contribution in [1.29, 1.82) is 0 Å². The van der Waals surface area contributed by atoms with Crippen molar-refractivity contribution in [3.05, 3.63) is 0 Å². The molecule has 5 atom stereocenters. The zero-order valence-corrected chi connectivity index (χ0v) is 16.4. The van der Waals surface area contributed by atoms with Crippen LogP contribution in [0.4, 0.5) is 0 Å². The topological polar surface area (TPSA) is 47.6 Å². The van der Waals surface area contributed by atoms with E-state index in [2.05, 4.69) is 19.2 Å². The summed E-state index contributed by atoms with van der Waals surface area (Å²) in [7, 11) is 1.65. The van der Waals surface area contributed by atoms with E-state index in [9.17, 15) is 4.79 Å². The normalized spacial score (nSPS) is 39.6. The minimum Gasteiger partial charge on any atom is -0.384 e. The van der Waals surface area contributed by atoms with Gasteiger partial charge in [0.05, 0.1) is 18.8 Å². The van der Waals surface area contributed by atoms with Gasteiger partial charge in [-0.3, -0.25) is 4.79 Å². The molecular formula is C21H37NO3. The van der Waals surface area contributed by atoms with Crippen LogP contribution in [0.1, 0.15) is 78.1 Å². The molecule has 4 nitrogen and oxygen atoms in total. The zero-order valence-electron chi connectivity index (χ0n) is 16.4. The van der Waals surface area contributed by atoms with Crippen molar-refractivity contribution in [1.82, 2.24) is 5.32 Å². The Kier molecular flexibility index (Phi) is 6.43. The van der Waals surface area contributed by atoms with Crippen LogP contribution in [0.15, 0.2) is 0 Å². The van der Waals surface area contributed by atoms with Crippen molar-refractivity contribution in [2.75, 3.05) is 13.7 Å². The summed E-state index contributed by atoms with van der Waals surface area (Å²) < 4.78 is 11.8. The van der Waals surface area contributed by atoms with Gasteiger partial charge in [-0.1, -0.05) is 32.6 Å². The van der Waals surface area contributed by atoms with E-state index in [-0.39, 0.29) is 11.4 Å². The number of fused-ring (bicyclic) bond motifs is 1. The molecule has 0 spiro atoms. The first-order chi connectivity index (χ1) is 12.0. The van der Waals surface area contributed by atoms with Crippen molar-refractivity contribution in [2.45, 2.75) is 95.8 Å². The first-order valence-electron chi connectivity index (χ1n) is 10.5. The number of hydrogen-bond acceptors (Lipinski definition) is 3. The predicted molar refractivity (Wildman–Crippen MR) is 99.4 cm³/mol. The number of hydrogen-bond donors (Lipinski definition) is 1. The van der Waals surface area contributed by atoms with Crippen molar-refractivity contribution >= 4 is 5.91 Å². The lowest BCUT2D eigenvalue weighted by Crippen LogP contribution is -2.63. The maximum atomic E-state index is 12.5. The summed E-state index contributed by atoms with van der Waals surface area (Å²) in [6.07, 6.45) is 12.3. The Bertz CT molecular complexity index is 448. The minimum atomic E-state index is -0.129. The summed E-state index contributed by atoms with van der Waals surface area (Å²) in [4.78, 5) is 12.5. The van der Waals surface area contributed by atoms with Crippen molar-refractivity contribution in [3.63, 3.8) is 0 Å². The summed E-state index contributed by atoms with van der Waals surface area (Å²) in [5.74, 6) is 2.00. The number of ether oxygens (including phenoxy) is 2. The third-order valence-corrected chi connectivity index (χ3v) is 6.98. The molecule has 2 aliphatic carbocycles. The van der Waals surface area contributed by atoms with Gasteiger partial charge >= 0.3 is 0 Å². The van der Waals surface area contributed by atoms with Gasteiger partial charge in [0.15, 0.2) is 0 Å². The Morgan fingerprint density at radius 2 is 1.92 bits per heavy atom. The summed E-state index contributed by atoms with van der Waals surface area (Å²) in [5, 5.41) is 3.41. The molecule has 1 N–H and O–H groups in total. The first-order valence-corrected chi connectivity index (χ1v) is 10.5. The molecule has 2 saturated carbocycles.